The highest BCUT2D eigenvalue weighted by atomic mass is 16.6. The van der Waals surface area contributed by atoms with Crippen molar-refractivity contribution in [2.45, 2.75) is 104 Å². The molecule has 0 aromatic rings. The molecule has 0 bridgehead atoms. The Morgan fingerprint density at radius 1 is 0.741 bits per heavy atom. The van der Waals surface area contributed by atoms with Crippen LogP contribution >= 0.6 is 0 Å². The zero-order valence-electron chi connectivity index (χ0n) is 17.2. The summed E-state index contributed by atoms with van der Waals surface area (Å²) in [5.74, 6) is -1.57. The number of carbonyl (C=O) groups is 3. The number of aliphatic carboxylic acids is 1. The molecule has 5 heteroatoms. The zero-order chi connectivity index (χ0) is 20.3. The molecule has 0 saturated heterocycles. The molecular weight excluding hydrogens is 344 g/mol. The Hall–Kier alpha value is -1.65. The quantitative estimate of drug-likeness (QED) is 0.148. The van der Waals surface area contributed by atoms with E-state index in [-0.39, 0.29) is 19.3 Å². The summed E-state index contributed by atoms with van der Waals surface area (Å²) in [5.41, 5.74) is 0. The minimum absolute atomic E-state index is 0.208. The van der Waals surface area contributed by atoms with E-state index in [0.717, 1.165) is 31.6 Å². The molecule has 0 unspecified atom stereocenters. The molecule has 0 saturated carbocycles. The van der Waals surface area contributed by atoms with Gasteiger partial charge in [-0.05, 0) is 38.0 Å². The van der Waals surface area contributed by atoms with Crippen molar-refractivity contribution in [1.29, 1.82) is 0 Å². The number of hydrogen-bond acceptors (Lipinski definition) is 4. The lowest BCUT2D eigenvalue weighted by atomic mass is 10.0. The molecule has 0 aliphatic carbocycles. The van der Waals surface area contributed by atoms with Crippen molar-refractivity contribution in [2.24, 2.45) is 5.92 Å². The third-order valence-corrected chi connectivity index (χ3v) is 4.34. The molecule has 27 heavy (non-hydrogen) atoms. The number of rotatable bonds is 17. The zero-order valence-corrected chi connectivity index (χ0v) is 17.2. The van der Waals surface area contributed by atoms with Gasteiger partial charge in [0.1, 0.15) is 0 Å². The number of hydrogen-bond donors (Lipinski definition) is 1. The van der Waals surface area contributed by atoms with Crippen LogP contribution in [-0.4, -0.2) is 23.0 Å². The molecule has 0 amide bonds. The van der Waals surface area contributed by atoms with Gasteiger partial charge in [0, 0.05) is 6.42 Å². The lowest BCUT2D eigenvalue weighted by Crippen LogP contribution is -2.13. The lowest BCUT2D eigenvalue weighted by Gasteiger charge is -2.03. The van der Waals surface area contributed by atoms with Crippen LogP contribution in [0.5, 0.6) is 0 Å². The minimum atomic E-state index is -1.07. The van der Waals surface area contributed by atoms with Crippen LogP contribution in [0.2, 0.25) is 0 Å². The van der Waals surface area contributed by atoms with E-state index in [1.807, 2.05) is 0 Å². The number of ether oxygens (including phenoxy) is 1. The number of esters is 2. The molecule has 0 aromatic heterocycles. The highest BCUT2D eigenvalue weighted by Crippen LogP contribution is 2.12. The van der Waals surface area contributed by atoms with E-state index in [2.05, 4.69) is 30.7 Å². The van der Waals surface area contributed by atoms with Gasteiger partial charge in [0.2, 0.25) is 0 Å². The average molecular weight is 383 g/mol. The highest BCUT2D eigenvalue weighted by molar-refractivity contribution is 5.86. The van der Waals surface area contributed by atoms with E-state index in [9.17, 15) is 14.4 Å². The second kappa shape index (κ2) is 17.7. The van der Waals surface area contributed by atoms with Gasteiger partial charge in [-0.25, -0.2) is 0 Å². The maximum atomic E-state index is 11.4. The van der Waals surface area contributed by atoms with E-state index >= 15 is 0 Å². The van der Waals surface area contributed by atoms with Crippen molar-refractivity contribution >= 4 is 17.9 Å². The Morgan fingerprint density at radius 3 is 1.85 bits per heavy atom. The number of carboxylic acid groups (broad SMARTS) is 1. The van der Waals surface area contributed by atoms with E-state index in [1.54, 1.807) is 0 Å². The Labute approximate surface area is 164 Å². The average Bonchev–Trinajstić information content (AvgIpc) is 2.60. The van der Waals surface area contributed by atoms with Gasteiger partial charge in [-0.3, -0.25) is 14.4 Å². The standard InChI is InChI=1S/C22H38O5/c1-19(2)15-13-11-9-7-5-3-4-6-8-10-12-14-16-21(25)27-22(26)18-17-20(23)24/h4,6,19H,3,5,7-18H2,1-2H3,(H,23,24). The SMILES string of the molecule is CC(C)CCCCCCCC=CCCCCCC(=O)OC(=O)CCC(=O)O. The largest absolute Gasteiger partial charge is 0.481 e. The molecule has 0 spiro atoms. The lowest BCUT2D eigenvalue weighted by molar-refractivity contribution is -0.161. The van der Waals surface area contributed by atoms with Crippen molar-refractivity contribution in [3.63, 3.8) is 0 Å². The van der Waals surface area contributed by atoms with Crippen LogP contribution in [0.4, 0.5) is 0 Å². The molecule has 156 valence electrons. The monoisotopic (exact) mass is 382 g/mol. The van der Waals surface area contributed by atoms with Crippen LogP contribution in [0.15, 0.2) is 12.2 Å². The second-order valence-corrected chi connectivity index (χ2v) is 7.55. The summed E-state index contributed by atoms with van der Waals surface area (Å²) >= 11 is 0. The molecule has 0 aromatic carbocycles. The fourth-order valence-corrected chi connectivity index (χ4v) is 2.73. The van der Waals surface area contributed by atoms with Crippen LogP contribution in [-0.2, 0) is 19.1 Å². The third kappa shape index (κ3) is 20.5. The first-order chi connectivity index (χ1) is 12.9. The molecule has 0 radical (unpaired) electrons. The molecule has 1 N–H and O–H groups in total. The molecule has 0 aliphatic rings. The fourth-order valence-electron chi connectivity index (χ4n) is 2.73. The predicted molar refractivity (Wildman–Crippen MR) is 107 cm³/mol. The van der Waals surface area contributed by atoms with E-state index < -0.39 is 17.9 Å². The summed E-state index contributed by atoms with van der Waals surface area (Å²) in [6.07, 6.45) is 16.9. The Bertz CT molecular complexity index is 440. The molecule has 5 nitrogen and oxygen atoms in total. The summed E-state index contributed by atoms with van der Waals surface area (Å²) < 4.78 is 4.56. The van der Waals surface area contributed by atoms with Crippen molar-refractivity contribution in [2.75, 3.05) is 0 Å². The van der Waals surface area contributed by atoms with Crippen LogP contribution in [0.25, 0.3) is 0 Å². The van der Waals surface area contributed by atoms with Gasteiger partial charge in [0.15, 0.2) is 0 Å². The van der Waals surface area contributed by atoms with Crippen molar-refractivity contribution in [3.05, 3.63) is 12.2 Å². The van der Waals surface area contributed by atoms with Gasteiger partial charge in [-0.15, -0.1) is 0 Å². The number of carboxylic acids is 1. The van der Waals surface area contributed by atoms with Gasteiger partial charge in [-0.2, -0.15) is 0 Å². The predicted octanol–water partition coefficient (Wildman–Crippen LogP) is 5.81. The van der Waals surface area contributed by atoms with Crippen LogP contribution < -0.4 is 0 Å². The van der Waals surface area contributed by atoms with E-state index in [1.165, 1.54) is 38.5 Å². The summed E-state index contributed by atoms with van der Waals surface area (Å²) in [6, 6.07) is 0. The van der Waals surface area contributed by atoms with Crippen LogP contribution in [0.3, 0.4) is 0 Å². The first-order valence-electron chi connectivity index (χ1n) is 10.5. The van der Waals surface area contributed by atoms with Crippen LogP contribution in [0, 0.1) is 5.92 Å². The fraction of sp³-hybridized carbons (Fsp3) is 0.773. The van der Waals surface area contributed by atoms with Gasteiger partial charge in [0.05, 0.1) is 12.8 Å². The summed E-state index contributed by atoms with van der Waals surface area (Å²) in [5, 5.41) is 8.45. The molecule has 0 aliphatic heterocycles. The van der Waals surface area contributed by atoms with Gasteiger partial charge >= 0.3 is 17.9 Å². The first kappa shape index (κ1) is 25.4. The summed E-state index contributed by atoms with van der Waals surface area (Å²) in [7, 11) is 0. The van der Waals surface area contributed by atoms with Crippen LogP contribution in [0.1, 0.15) is 104 Å². The van der Waals surface area contributed by atoms with Gasteiger partial charge < -0.3 is 9.84 Å². The van der Waals surface area contributed by atoms with Gasteiger partial charge in [0.25, 0.3) is 0 Å². The number of allylic oxidation sites excluding steroid dienone is 2. The maximum absolute atomic E-state index is 11.4. The van der Waals surface area contributed by atoms with Gasteiger partial charge in [-0.1, -0.05) is 64.5 Å². The van der Waals surface area contributed by atoms with Crippen molar-refractivity contribution < 1.29 is 24.2 Å². The normalized spacial score (nSPS) is 11.2. The van der Waals surface area contributed by atoms with E-state index in [4.69, 9.17) is 5.11 Å². The second-order valence-electron chi connectivity index (χ2n) is 7.55. The molecule has 0 rings (SSSR count). The smallest absolute Gasteiger partial charge is 0.314 e. The van der Waals surface area contributed by atoms with E-state index in [0.29, 0.717) is 6.42 Å². The van der Waals surface area contributed by atoms with Crippen molar-refractivity contribution in [3.8, 4) is 0 Å². The number of carbonyl (C=O) groups excluding carboxylic acids is 2. The molecular formula is C22H38O5. The minimum Gasteiger partial charge on any atom is -0.481 e. The third-order valence-electron chi connectivity index (χ3n) is 4.34. The molecule has 0 fully saturated rings. The number of unbranched alkanes of at least 4 members (excludes halogenated alkanes) is 8. The first-order valence-corrected chi connectivity index (χ1v) is 10.5. The molecule has 0 atom stereocenters. The highest BCUT2D eigenvalue weighted by Gasteiger charge is 2.11. The Balaban J connectivity index is 3.38. The molecule has 0 heterocycles. The topological polar surface area (TPSA) is 80.7 Å². The van der Waals surface area contributed by atoms with Crippen molar-refractivity contribution in [1.82, 2.24) is 0 Å². The summed E-state index contributed by atoms with van der Waals surface area (Å²) in [4.78, 5) is 33.0. The summed E-state index contributed by atoms with van der Waals surface area (Å²) in [6.45, 7) is 4.56. The Kier molecular flexibility index (Phi) is 16.7. The Morgan fingerprint density at radius 2 is 1.26 bits per heavy atom. The maximum Gasteiger partial charge on any atom is 0.314 e.